The summed E-state index contributed by atoms with van der Waals surface area (Å²) in [6, 6.07) is 29.8. The van der Waals surface area contributed by atoms with Crippen LogP contribution in [0, 0.1) is 6.92 Å². The Morgan fingerprint density at radius 1 is 0.808 bits per heavy atom. The first-order valence-corrected chi connectivity index (χ1v) is 9.03. The Morgan fingerprint density at radius 2 is 1.42 bits per heavy atom. The Hall–Kier alpha value is -3.07. The van der Waals surface area contributed by atoms with Gasteiger partial charge in [-0.25, -0.2) is 4.99 Å². The summed E-state index contributed by atoms with van der Waals surface area (Å²) in [5, 5.41) is 7.03. The van der Waals surface area contributed by atoms with E-state index in [1.54, 1.807) is 0 Å². The molecule has 26 heavy (non-hydrogen) atoms. The second-order valence-electron chi connectivity index (χ2n) is 6.71. The molecule has 0 saturated carbocycles. The second-order valence-corrected chi connectivity index (χ2v) is 6.71. The number of aryl methyl sites for hydroxylation is 1. The van der Waals surface area contributed by atoms with Crippen molar-refractivity contribution in [3.63, 3.8) is 0 Å². The van der Waals surface area contributed by atoms with Crippen molar-refractivity contribution in [2.24, 2.45) is 4.99 Å². The van der Waals surface area contributed by atoms with Gasteiger partial charge < -0.3 is 10.6 Å². The van der Waals surface area contributed by atoms with Gasteiger partial charge in [0, 0.05) is 6.54 Å². The minimum absolute atomic E-state index is 0.0686. The summed E-state index contributed by atoms with van der Waals surface area (Å²) < 4.78 is 0. The lowest BCUT2D eigenvalue weighted by Gasteiger charge is -2.19. The largest absolute Gasteiger partial charge is 0.352 e. The fourth-order valence-electron chi connectivity index (χ4n) is 3.31. The van der Waals surface area contributed by atoms with E-state index in [2.05, 4.69) is 90.4 Å². The molecule has 1 aliphatic rings. The lowest BCUT2D eigenvalue weighted by molar-refractivity contribution is 0.570. The van der Waals surface area contributed by atoms with Gasteiger partial charge in [0.1, 0.15) is 6.04 Å². The van der Waals surface area contributed by atoms with E-state index in [0.29, 0.717) is 0 Å². The van der Waals surface area contributed by atoms with E-state index in [0.717, 1.165) is 12.5 Å². The predicted octanol–water partition coefficient (Wildman–Crippen LogP) is 4.53. The van der Waals surface area contributed by atoms with Crippen molar-refractivity contribution in [1.29, 1.82) is 0 Å². The molecule has 2 atom stereocenters. The topological polar surface area (TPSA) is 36.4 Å². The maximum absolute atomic E-state index is 4.94. The summed E-state index contributed by atoms with van der Waals surface area (Å²) in [7, 11) is 0. The lowest BCUT2D eigenvalue weighted by atomic mass is 9.95. The summed E-state index contributed by atoms with van der Waals surface area (Å²) in [6.45, 7) is 2.86. The fraction of sp³-hybridized carbons (Fsp3) is 0.174. The van der Waals surface area contributed by atoms with Gasteiger partial charge in [-0.05, 0) is 23.6 Å². The van der Waals surface area contributed by atoms with Gasteiger partial charge in [-0.15, -0.1) is 0 Å². The minimum Gasteiger partial charge on any atom is -0.352 e. The first-order valence-electron chi connectivity index (χ1n) is 9.03. The monoisotopic (exact) mass is 341 g/mol. The summed E-state index contributed by atoms with van der Waals surface area (Å²) in [5.74, 6) is 0.855. The molecule has 0 amide bonds. The zero-order valence-electron chi connectivity index (χ0n) is 14.9. The van der Waals surface area contributed by atoms with Crippen LogP contribution in [0.4, 0.5) is 0 Å². The van der Waals surface area contributed by atoms with Crippen LogP contribution < -0.4 is 10.6 Å². The Kier molecular flexibility index (Phi) is 4.69. The third-order valence-corrected chi connectivity index (χ3v) is 4.76. The molecule has 0 fully saturated rings. The van der Waals surface area contributed by atoms with Gasteiger partial charge in [-0.3, -0.25) is 0 Å². The van der Waals surface area contributed by atoms with Crippen LogP contribution in [-0.4, -0.2) is 5.96 Å². The predicted molar refractivity (Wildman–Crippen MR) is 107 cm³/mol. The Labute approximate surface area is 154 Å². The molecule has 3 aromatic carbocycles. The zero-order chi connectivity index (χ0) is 17.8. The van der Waals surface area contributed by atoms with Gasteiger partial charge in [-0.2, -0.15) is 0 Å². The van der Waals surface area contributed by atoms with Crippen LogP contribution >= 0.6 is 0 Å². The van der Waals surface area contributed by atoms with Crippen LogP contribution in [0.25, 0.3) is 0 Å². The van der Waals surface area contributed by atoms with Gasteiger partial charge in [0.15, 0.2) is 5.96 Å². The number of hydrogen-bond acceptors (Lipinski definition) is 3. The highest BCUT2D eigenvalue weighted by Gasteiger charge is 2.30. The fourth-order valence-corrected chi connectivity index (χ4v) is 3.31. The smallest absolute Gasteiger partial charge is 0.192 e. The number of guanidine groups is 1. The van der Waals surface area contributed by atoms with Crippen molar-refractivity contribution in [3.05, 3.63) is 107 Å². The molecular weight excluding hydrogens is 318 g/mol. The van der Waals surface area contributed by atoms with Crippen LogP contribution in [0.1, 0.15) is 34.3 Å². The Morgan fingerprint density at radius 3 is 2.08 bits per heavy atom. The summed E-state index contributed by atoms with van der Waals surface area (Å²) in [4.78, 5) is 4.94. The number of nitrogens with one attached hydrogen (secondary N) is 2. The number of nitrogens with zero attached hydrogens (tertiary/aromatic N) is 1. The standard InChI is InChI=1S/C23H23N3/c1-17-12-14-18(15-13-17)16-24-23-25-21(19-8-4-2-5-9-19)22(26-23)20-10-6-3-7-11-20/h2-15,21-22H,16H2,1H3,(H2,24,25,26). The molecular formula is C23H23N3. The quantitative estimate of drug-likeness (QED) is 0.732. The molecule has 0 saturated heterocycles. The van der Waals surface area contributed by atoms with E-state index in [1.165, 1.54) is 22.3 Å². The van der Waals surface area contributed by atoms with Crippen molar-refractivity contribution in [2.45, 2.75) is 25.6 Å². The van der Waals surface area contributed by atoms with Gasteiger partial charge >= 0.3 is 0 Å². The number of benzene rings is 3. The molecule has 0 aromatic heterocycles. The molecule has 0 spiro atoms. The maximum Gasteiger partial charge on any atom is 0.192 e. The summed E-state index contributed by atoms with van der Waals surface area (Å²) >= 11 is 0. The third-order valence-electron chi connectivity index (χ3n) is 4.76. The van der Waals surface area contributed by atoms with Crippen molar-refractivity contribution < 1.29 is 0 Å². The van der Waals surface area contributed by atoms with Gasteiger partial charge in [-0.1, -0.05) is 90.5 Å². The maximum atomic E-state index is 4.94. The number of aliphatic imine (C=N–C) groups is 1. The molecule has 3 heteroatoms. The Balaban J connectivity index is 1.55. The molecule has 1 aliphatic heterocycles. The van der Waals surface area contributed by atoms with Crippen LogP contribution in [-0.2, 0) is 6.54 Å². The van der Waals surface area contributed by atoms with Crippen LogP contribution in [0.2, 0.25) is 0 Å². The molecule has 4 rings (SSSR count). The molecule has 0 radical (unpaired) electrons. The highest BCUT2D eigenvalue weighted by molar-refractivity contribution is 5.82. The van der Waals surface area contributed by atoms with E-state index in [1.807, 2.05) is 12.1 Å². The Bertz CT molecular complexity index is 870. The van der Waals surface area contributed by atoms with Crippen LogP contribution in [0.3, 0.4) is 0 Å². The highest BCUT2D eigenvalue weighted by Crippen LogP contribution is 2.35. The van der Waals surface area contributed by atoms with E-state index in [4.69, 9.17) is 4.99 Å². The normalized spacial score (nSPS) is 18.9. The first kappa shape index (κ1) is 16.4. The lowest BCUT2D eigenvalue weighted by Crippen LogP contribution is -2.35. The summed E-state index contributed by atoms with van der Waals surface area (Å²) in [6.07, 6.45) is 0. The van der Waals surface area contributed by atoms with Crippen LogP contribution in [0.5, 0.6) is 0 Å². The van der Waals surface area contributed by atoms with Crippen LogP contribution in [0.15, 0.2) is 89.9 Å². The number of rotatable bonds is 4. The molecule has 3 nitrogen and oxygen atoms in total. The van der Waals surface area contributed by atoms with Gasteiger partial charge in [0.05, 0.1) is 6.04 Å². The van der Waals surface area contributed by atoms with E-state index >= 15 is 0 Å². The van der Waals surface area contributed by atoms with Gasteiger partial charge in [0.25, 0.3) is 0 Å². The third kappa shape index (κ3) is 3.62. The molecule has 2 unspecified atom stereocenters. The van der Waals surface area contributed by atoms with Crippen molar-refractivity contribution in [2.75, 3.05) is 0 Å². The van der Waals surface area contributed by atoms with Crippen molar-refractivity contribution in [1.82, 2.24) is 10.6 Å². The molecule has 2 N–H and O–H groups in total. The second kappa shape index (κ2) is 7.44. The number of hydrogen-bond donors (Lipinski definition) is 2. The molecule has 3 aromatic rings. The van der Waals surface area contributed by atoms with Gasteiger partial charge in [0.2, 0.25) is 0 Å². The SMILES string of the molecule is Cc1ccc(CNC2=NC(c3ccccc3)C(c3ccccc3)N2)cc1. The van der Waals surface area contributed by atoms with E-state index in [-0.39, 0.29) is 12.1 Å². The zero-order valence-corrected chi connectivity index (χ0v) is 14.9. The van der Waals surface area contributed by atoms with Crippen molar-refractivity contribution in [3.8, 4) is 0 Å². The average Bonchev–Trinajstić information content (AvgIpc) is 3.13. The molecule has 0 aliphatic carbocycles. The molecule has 130 valence electrons. The first-order chi connectivity index (χ1) is 12.8. The minimum atomic E-state index is 0.0686. The van der Waals surface area contributed by atoms with E-state index < -0.39 is 0 Å². The van der Waals surface area contributed by atoms with E-state index in [9.17, 15) is 0 Å². The molecule has 0 bridgehead atoms. The summed E-state index contributed by atoms with van der Waals surface area (Å²) in [5.41, 5.74) is 5.00. The molecule has 1 heterocycles. The van der Waals surface area contributed by atoms with Crippen molar-refractivity contribution >= 4 is 5.96 Å². The highest BCUT2D eigenvalue weighted by atomic mass is 15.3. The average molecular weight is 341 g/mol.